The maximum atomic E-state index is 10.7. The Morgan fingerprint density at radius 2 is 1.92 bits per heavy atom. The molecule has 0 unspecified atom stereocenters. The van der Waals surface area contributed by atoms with E-state index in [9.17, 15) is 10.0 Å². The van der Waals surface area contributed by atoms with Gasteiger partial charge in [-0.15, -0.1) is 0 Å². The van der Waals surface area contributed by atoms with Gasteiger partial charge in [0.05, 0.1) is 7.11 Å². The number of methoxy groups -OCH3 is 1. The summed E-state index contributed by atoms with van der Waals surface area (Å²) >= 11 is 0. The van der Waals surface area contributed by atoms with Crippen molar-refractivity contribution < 1.29 is 60.9 Å². The summed E-state index contributed by atoms with van der Waals surface area (Å²) in [4.78, 5) is 10.7. The van der Waals surface area contributed by atoms with Crippen LogP contribution in [0.4, 0.5) is 0 Å². The van der Waals surface area contributed by atoms with Gasteiger partial charge in [-0.25, -0.2) is 0 Å². The van der Waals surface area contributed by atoms with Crippen molar-refractivity contribution in [3.05, 3.63) is 35.0 Å². The first-order valence-electron chi connectivity index (χ1n) is 3.34. The molecule has 0 saturated carbocycles. The molecule has 0 bridgehead atoms. The van der Waals surface area contributed by atoms with Crippen molar-refractivity contribution in [3.63, 3.8) is 0 Å². The number of hydrogen-bond acceptors (Lipinski definition) is 3. The number of benzene rings is 1. The van der Waals surface area contributed by atoms with E-state index in [0.717, 1.165) is 0 Å². The summed E-state index contributed by atoms with van der Waals surface area (Å²) in [6.07, 6.45) is 0. The third-order valence-corrected chi connectivity index (χ3v) is 1.44. The minimum Gasteiger partial charge on any atom is -0.759 e. The van der Waals surface area contributed by atoms with Gasteiger partial charge in [-0.1, -0.05) is 0 Å². The first-order chi connectivity index (χ1) is 5.77. The molecule has 13 heavy (non-hydrogen) atoms. The Hall–Kier alpha value is 0.0864. The zero-order chi connectivity index (χ0) is 8.97. The second kappa shape index (κ2) is 6.53. The summed E-state index contributed by atoms with van der Waals surface area (Å²) in [5, 5.41) is 9.95. The minimum absolute atomic E-state index is 0. The standard InChI is InChI=1S/C8H8NO3.K/c1-12-7-4-2-6(3-5-7)8(10)9-11;/h2-5H,1H3,(H-,9,10,11);/q-1;+1. The Balaban J connectivity index is 0.00000144. The number of ether oxygens (including phenoxy) is 1. The van der Waals surface area contributed by atoms with E-state index in [1.807, 2.05) is 0 Å². The molecule has 5 heteroatoms. The maximum Gasteiger partial charge on any atom is 1.00 e. The molecule has 0 saturated heterocycles. The number of amides is 1. The third kappa shape index (κ3) is 3.76. The van der Waals surface area contributed by atoms with Gasteiger partial charge in [0.1, 0.15) is 5.75 Å². The van der Waals surface area contributed by atoms with Gasteiger partial charge in [-0.05, 0) is 24.3 Å². The fourth-order valence-corrected chi connectivity index (χ4v) is 0.801. The predicted octanol–water partition coefficient (Wildman–Crippen LogP) is -2.07. The second-order valence-corrected chi connectivity index (χ2v) is 2.16. The molecule has 0 aliphatic rings. The van der Waals surface area contributed by atoms with Crippen LogP contribution in [0.5, 0.6) is 5.75 Å². The van der Waals surface area contributed by atoms with E-state index in [0.29, 0.717) is 11.3 Å². The summed E-state index contributed by atoms with van der Waals surface area (Å²) in [7, 11) is 1.53. The van der Waals surface area contributed by atoms with Gasteiger partial charge in [-0.3, -0.25) is 4.79 Å². The number of hydrogen-bond donors (Lipinski definition) is 1. The Kier molecular flexibility index (Phi) is 6.57. The molecule has 1 aromatic carbocycles. The number of nitrogens with one attached hydrogen (secondary N) is 1. The van der Waals surface area contributed by atoms with Gasteiger partial charge in [0.2, 0.25) is 5.91 Å². The van der Waals surface area contributed by atoms with Gasteiger partial charge in [0.25, 0.3) is 0 Å². The van der Waals surface area contributed by atoms with Crippen LogP contribution in [0, 0.1) is 5.21 Å². The molecular weight excluding hydrogens is 197 g/mol. The summed E-state index contributed by atoms with van der Waals surface area (Å²) in [6, 6.07) is 6.27. The van der Waals surface area contributed by atoms with Crippen molar-refractivity contribution in [1.29, 1.82) is 0 Å². The molecule has 64 valence electrons. The molecule has 1 amide bonds. The van der Waals surface area contributed by atoms with E-state index < -0.39 is 5.91 Å². The summed E-state index contributed by atoms with van der Waals surface area (Å²) in [6.45, 7) is 0. The molecular formula is C8H8KNO3. The Morgan fingerprint density at radius 3 is 2.31 bits per heavy atom. The number of carbonyl (C=O) groups excluding carboxylic acids is 1. The summed E-state index contributed by atoms with van der Waals surface area (Å²) in [5.41, 5.74) is 1.61. The van der Waals surface area contributed by atoms with Crippen LogP contribution in [0.25, 0.3) is 0 Å². The van der Waals surface area contributed by atoms with Gasteiger partial charge >= 0.3 is 51.4 Å². The first kappa shape index (κ1) is 13.1. The largest absolute Gasteiger partial charge is 1.00 e. The second-order valence-electron chi connectivity index (χ2n) is 2.16. The molecule has 0 aliphatic carbocycles. The monoisotopic (exact) mass is 205 g/mol. The number of hydroxylamine groups is 1. The van der Waals surface area contributed by atoms with Crippen LogP contribution in [-0.2, 0) is 0 Å². The van der Waals surface area contributed by atoms with Crippen LogP contribution in [0.3, 0.4) is 0 Å². The summed E-state index contributed by atoms with van der Waals surface area (Å²) in [5.74, 6) is 0.00935. The molecule has 0 heterocycles. The Morgan fingerprint density at radius 1 is 1.38 bits per heavy atom. The maximum absolute atomic E-state index is 10.7. The third-order valence-electron chi connectivity index (χ3n) is 1.44. The van der Waals surface area contributed by atoms with E-state index in [4.69, 9.17) is 4.74 Å². The average Bonchev–Trinajstić information content (AvgIpc) is 2.17. The van der Waals surface area contributed by atoms with Crippen molar-refractivity contribution in [2.24, 2.45) is 0 Å². The van der Waals surface area contributed by atoms with Gasteiger partial charge < -0.3 is 15.4 Å². The van der Waals surface area contributed by atoms with E-state index in [1.54, 1.807) is 12.1 Å². The molecule has 0 radical (unpaired) electrons. The van der Waals surface area contributed by atoms with E-state index in [1.165, 1.54) is 24.7 Å². The quantitative estimate of drug-likeness (QED) is 0.445. The molecule has 0 aliphatic heterocycles. The molecule has 0 spiro atoms. The van der Waals surface area contributed by atoms with Crippen molar-refractivity contribution in [2.45, 2.75) is 0 Å². The zero-order valence-corrected chi connectivity index (χ0v) is 10.7. The smallest absolute Gasteiger partial charge is 0.759 e. The molecule has 1 rings (SSSR count). The average molecular weight is 205 g/mol. The van der Waals surface area contributed by atoms with Crippen molar-refractivity contribution >= 4 is 5.91 Å². The van der Waals surface area contributed by atoms with Crippen molar-refractivity contribution in [2.75, 3.05) is 7.11 Å². The number of carbonyl (C=O) groups is 1. The van der Waals surface area contributed by atoms with Crippen molar-refractivity contribution in [3.8, 4) is 5.75 Å². The van der Waals surface area contributed by atoms with Crippen LogP contribution in [0.2, 0.25) is 0 Å². The first-order valence-corrected chi connectivity index (χ1v) is 3.34. The number of rotatable bonds is 2. The Labute approximate surface area is 119 Å². The normalized spacial score (nSPS) is 8.46. The fraction of sp³-hybridized carbons (Fsp3) is 0.125. The zero-order valence-electron chi connectivity index (χ0n) is 7.53. The van der Waals surface area contributed by atoms with Crippen LogP contribution >= 0.6 is 0 Å². The van der Waals surface area contributed by atoms with E-state index in [2.05, 4.69) is 0 Å². The minimum atomic E-state index is -0.641. The predicted molar refractivity (Wildman–Crippen MR) is 43.8 cm³/mol. The SMILES string of the molecule is COc1ccc(C(=O)N[O-])cc1.[K+]. The van der Waals surface area contributed by atoms with Gasteiger partial charge in [0, 0.05) is 5.56 Å². The van der Waals surface area contributed by atoms with Crippen LogP contribution in [-0.4, -0.2) is 13.0 Å². The van der Waals surface area contributed by atoms with Crippen LogP contribution in [0.1, 0.15) is 10.4 Å². The molecule has 1 N–H and O–H groups in total. The van der Waals surface area contributed by atoms with Crippen LogP contribution < -0.4 is 61.6 Å². The molecule has 0 atom stereocenters. The molecule has 1 aromatic rings. The Bertz CT molecular complexity index is 273. The van der Waals surface area contributed by atoms with Gasteiger partial charge in [-0.2, -0.15) is 0 Å². The summed E-state index contributed by atoms with van der Waals surface area (Å²) < 4.78 is 4.87. The van der Waals surface area contributed by atoms with E-state index in [-0.39, 0.29) is 51.4 Å². The molecule has 4 nitrogen and oxygen atoms in total. The fourth-order valence-electron chi connectivity index (χ4n) is 0.801. The molecule has 0 fully saturated rings. The van der Waals surface area contributed by atoms with Crippen LogP contribution in [0.15, 0.2) is 24.3 Å². The molecule has 0 aromatic heterocycles. The van der Waals surface area contributed by atoms with Crippen molar-refractivity contribution in [1.82, 2.24) is 5.48 Å². The van der Waals surface area contributed by atoms with Gasteiger partial charge in [0.15, 0.2) is 0 Å². The van der Waals surface area contributed by atoms with E-state index >= 15 is 0 Å². The topological polar surface area (TPSA) is 61.4 Å².